The van der Waals surface area contributed by atoms with E-state index in [1.54, 1.807) is 0 Å². The molecule has 3 nitrogen and oxygen atoms in total. The van der Waals surface area contributed by atoms with Crippen LogP contribution in [-0.4, -0.2) is 16.6 Å². The predicted molar refractivity (Wildman–Crippen MR) is 40.9 cm³/mol. The van der Waals surface area contributed by atoms with Crippen LogP contribution < -0.4 is 5.73 Å². The second kappa shape index (κ2) is 4.15. The van der Waals surface area contributed by atoms with Gasteiger partial charge in [0.1, 0.15) is 5.54 Å². The second-order valence-electron chi connectivity index (χ2n) is 2.10. The van der Waals surface area contributed by atoms with Crippen LogP contribution in [0, 0.1) is 12.3 Å². The highest BCUT2D eigenvalue weighted by atomic mass is 35.5. The van der Waals surface area contributed by atoms with Crippen molar-refractivity contribution in [2.75, 3.05) is 0 Å². The molecule has 0 rings (SSSR count). The van der Waals surface area contributed by atoms with E-state index >= 15 is 0 Å². The fourth-order valence-electron chi connectivity index (χ4n) is 0.288. The van der Waals surface area contributed by atoms with Crippen molar-refractivity contribution < 1.29 is 9.90 Å². The first-order valence-corrected chi connectivity index (χ1v) is 2.46. The lowest BCUT2D eigenvalue weighted by molar-refractivity contribution is -0.142. The maximum absolute atomic E-state index is 10.2. The van der Waals surface area contributed by atoms with Crippen molar-refractivity contribution in [1.29, 1.82) is 0 Å². The Kier molecular flexibility index (Phi) is 4.98. The van der Waals surface area contributed by atoms with Crippen LogP contribution in [-0.2, 0) is 4.79 Å². The summed E-state index contributed by atoms with van der Waals surface area (Å²) in [7, 11) is 0. The molecule has 0 spiro atoms. The summed E-state index contributed by atoms with van der Waals surface area (Å²) in [4.78, 5) is 10.2. The van der Waals surface area contributed by atoms with Gasteiger partial charge in [0.15, 0.2) is 0 Å². The molecular weight excluding hydrogens is 154 g/mol. The number of nitrogens with two attached hydrogens (primary N) is 1. The number of carbonyl (C=O) groups is 1. The van der Waals surface area contributed by atoms with Gasteiger partial charge in [-0.3, -0.25) is 4.79 Å². The Balaban J connectivity index is 0. The van der Waals surface area contributed by atoms with Gasteiger partial charge in [-0.15, -0.1) is 24.8 Å². The van der Waals surface area contributed by atoms with Gasteiger partial charge in [-0.25, -0.2) is 0 Å². The summed E-state index contributed by atoms with van der Waals surface area (Å²) in [5.74, 6) is 1.11. The van der Waals surface area contributed by atoms with Crippen LogP contribution >= 0.6 is 12.4 Å². The summed E-state index contributed by atoms with van der Waals surface area (Å²) in [5.41, 5.74) is 3.96. The Labute approximate surface area is 66.0 Å². The van der Waals surface area contributed by atoms with Gasteiger partial charge in [0, 0.05) is 6.42 Å². The summed E-state index contributed by atoms with van der Waals surface area (Å²) in [6.45, 7) is 1.38. The smallest absolute Gasteiger partial charge is 0.324 e. The van der Waals surface area contributed by atoms with E-state index in [-0.39, 0.29) is 18.8 Å². The van der Waals surface area contributed by atoms with E-state index in [0.29, 0.717) is 0 Å². The highest BCUT2D eigenvalue weighted by molar-refractivity contribution is 5.85. The maximum Gasteiger partial charge on any atom is 0.324 e. The van der Waals surface area contributed by atoms with E-state index in [2.05, 4.69) is 5.92 Å². The van der Waals surface area contributed by atoms with Gasteiger partial charge >= 0.3 is 5.97 Å². The van der Waals surface area contributed by atoms with E-state index in [4.69, 9.17) is 17.3 Å². The summed E-state index contributed by atoms with van der Waals surface area (Å²) in [6, 6.07) is 0. The fourth-order valence-corrected chi connectivity index (χ4v) is 0.288. The van der Waals surface area contributed by atoms with E-state index < -0.39 is 11.5 Å². The fraction of sp³-hybridized carbons (Fsp3) is 0.500. The first-order chi connectivity index (χ1) is 4.00. The molecule has 0 aliphatic heterocycles. The molecule has 0 saturated heterocycles. The average Bonchev–Trinajstić information content (AvgIpc) is 1.65. The van der Waals surface area contributed by atoms with Gasteiger partial charge in [0.05, 0.1) is 0 Å². The molecule has 0 radical (unpaired) electrons. The van der Waals surface area contributed by atoms with Gasteiger partial charge < -0.3 is 10.8 Å². The minimum Gasteiger partial charge on any atom is -0.480 e. The van der Waals surface area contributed by atoms with Crippen molar-refractivity contribution >= 4 is 18.4 Å². The molecule has 0 aromatic heterocycles. The Morgan fingerprint density at radius 1 is 1.90 bits per heavy atom. The molecule has 0 aliphatic rings. The minimum absolute atomic E-state index is 0. The molecule has 0 saturated carbocycles. The van der Waals surface area contributed by atoms with Crippen molar-refractivity contribution in [1.82, 2.24) is 0 Å². The Hall–Kier alpha value is -0.720. The Bertz CT molecular complexity index is 160. The van der Waals surface area contributed by atoms with E-state index in [0.717, 1.165) is 0 Å². The molecule has 0 amide bonds. The molecule has 3 N–H and O–H groups in total. The lowest BCUT2D eigenvalue weighted by Crippen LogP contribution is -2.44. The molecule has 4 heteroatoms. The van der Waals surface area contributed by atoms with Crippen molar-refractivity contribution in [2.24, 2.45) is 5.73 Å². The lowest BCUT2D eigenvalue weighted by atomic mass is 10.0. The summed E-state index contributed by atoms with van der Waals surface area (Å²) in [5, 5.41) is 8.35. The monoisotopic (exact) mass is 163 g/mol. The number of terminal acetylenes is 1. The van der Waals surface area contributed by atoms with Gasteiger partial charge in [0.2, 0.25) is 0 Å². The molecule has 0 bridgehead atoms. The molecule has 0 fully saturated rings. The zero-order valence-electron chi connectivity index (χ0n) is 5.63. The third-order valence-electron chi connectivity index (χ3n) is 0.958. The first-order valence-electron chi connectivity index (χ1n) is 2.46. The molecule has 10 heavy (non-hydrogen) atoms. The molecule has 0 aliphatic carbocycles. The van der Waals surface area contributed by atoms with E-state index in [9.17, 15) is 4.79 Å². The highest BCUT2D eigenvalue weighted by Crippen LogP contribution is 2.02. The van der Waals surface area contributed by atoms with Gasteiger partial charge in [-0.05, 0) is 6.92 Å². The highest BCUT2D eigenvalue weighted by Gasteiger charge is 2.25. The van der Waals surface area contributed by atoms with Crippen LogP contribution in [0.15, 0.2) is 0 Å². The zero-order chi connectivity index (χ0) is 7.49. The molecule has 0 aromatic carbocycles. The van der Waals surface area contributed by atoms with Crippen LogP contribution in [0.3, 0.4) is 0 Å². The molecule has 1 unspecified atom stereocenters. The topological polar surface area (TPSA) is 63.3 Å². The Morgan fingerprint density at radius 3 is 2.40 bits per heavy atom. The lowest BCUT2D eigenvalue weighted by Gasteiger charge is -2.14. The SMILES string of the molecule is C#CCC(C)(N)C(=O)O.Cl. The molecule has 58 valence electrons. The van der Waals surface area contributed by atoms with Gasteiger partial charge in [-0.1, -0.05) is 0 Å². The summed E-state index contributed by atoms with van der Waals surface area (Å²) in [6.07, 6.45) is 4.92. The van der Waals surface area contributed by atoms with Crippen molar-refractivity contribution in [3.63, 3.8) is 0 Å². The normalized spacial score (nSPS) is 14.1. The van der Waals surface area contributed by atoms with E-state index in [1.807, 2.05) is 0 Å². The van der Waals surface area contributed by atoms with Crippen molar-refractivity contribution in [3.8, 4) is 12.3 Å². The number of hydrogen-bond donors (Lipinski definition) is 2. The van der Waals surface area contributed by atoms with Gasteiger partial charge in [-0.2, -0.15) is 0 Å². The number of hydrogen-bond acceptors (Lipinski definition) is 2. The van der Waals surface area contributed by atoms with Crippen LogP contribution in [0.4, 0.5) is 0 Å². The Morgan fingerprint density at radius 2 is 2.30 bits per heavy atom. The van der Waals surface area contributed by atoms with Crippen molar-refractivity contribution in [3.05, 3.63) is 0 Å². The first kappa shape index (κ1) is 12.0. The summed E-state index contributed by atoms with van der Waals surface area (Å²) >= 11 is 0. The number of rotatable bonds is 2. The van der Waals surface area contributed by atoms with Crippen LogP contribution in [0.1, 0.15) is 13.3 Å². The quantitative estimate of drug-likeness (QED) is 0.573. The van der Waals surface area contributed by atoms with Crippen LogP contribution in [0.5, 0.6) is 0 Å². The zero-order valence-corrected chi connectivity index (χ0v) is 6.44. The largest absolute Gasteiger partial charge is 0.480 e. The minimum atomic E-state index is -1.27. The van der Waals surface area contributed by atoms with Crippen LogP contribution in [0.25, 0.3) is 0 Å². The number of aliphatic carboxylic acids is 1. The maximum atomic E-state index is 10.2. The van der Waals surface area contributed by atoms with Crippen molar-refractivity contribution in [2.45, 2.75) is 18.9 Å². The average molecular weight is 164 g/mol. The summed E-state index contributed by atoms with van der Waals surface area (Å²) < 4.78 is 0. The number of carboxylic acids is 1. The van der Waals surface area contributed by atoms with Gasteiger partial charge in [0.25, 0.3) is 0 Å². The second-order valence-corrected chi connectivity index (χ2v) is 2.10. The molecular formula is C6H10ClNO2. The third kappa shape index (κ3) is 3.33. The number of halogens is 1. The van der Waals surface area contributed by atoms with Crippen LogP contribution in [0.2, 0.25) is 0 Å². The third-order valence-corrected chi connectivity index (χ3v) is 0.958. The molecule has 1 atom stereocenters. The standard InChI is InChI=1S/C6H9NO2.ClH/c1-3-4-6(2,7)5(8)9;/h1H,4,7H2,2H3,(H,8,9);1H. The molecule has 0 aromatic rings. The number of carboxylic acid groups (broad SMARTS) is 1. The molecule has 0 heterocycles. The van der Waals surface area contributed by atoms with E-state index in [1.165, 1.54) is 6.92 Å². The predicted octanol–water partition coefficient (Wildman–Crippen LogP) is 0.234.